The summed E-state index contributed by atoms with van der Waals surface area (Å²) in [5, 5.41) is 7.04. The van der Waals surface area contributed by atoms with Crippen molar-refractivity contribution in [3.05, 3.63) is 18.0 Å². The van der Waals surface area contributed by atoms with E-state index in [1.165, 1.54) is 6.26 Å². The minimum absolute atomic E-state index is 0. The fraction of sp³-hybridized carbons (Fsp3) is 0.667. The van der Waals surface area contributed by atoms with Crippen LogP contribution in [0.5, 0.6) is 0 Å². The number of hydrogen-bond acceptors (Lipinski definition) is 4. The fourth-order valence-electron chi connectivity index (χ4n) is 2.17. The van der Waals surface area contributed by atoms with Gasteiger partial charge < -0.3 is 14.7 Å². The number of amides is 1. The molecule has 1 amide bonds. The van der Waals surface area contributed by atoms with Crippen molar-refractivity contribution in [1.29, 1.82) is 0 Å². The highest BCUT2D eigenvalue weighted by Gasteiger charge is 2.24. The molecule has 5 nitrogen and oxygen atoms in total. The van der Waals surface area contributed by atoms with Crippen LogP contribution in [0.2, 0.25) is 0 Å². The molecule has 1 aromatic rings. The molecule has 0 unspecified atom stereocenters. The van der Waals surface area contributed by atoms with Gasteiger partial charge in [0, 0.05) is 19.2 Å². The molecule has 1 aromatic heterocycles. The number of rotatable bonds is 4. The summed E-state index contributed by atoms with van der Waals surface area (Å²) in [6.45, 7) is 5.83. The lowest BCUT2D eigenvalue weighted by molar-refractivity contribution is 0.0680. The van der Waals surface area contributed by atoms with E-state index in [9.17, 15) is 4.79 Å². The van der Waals surface area contributed by atoms with E-state index in [2.05, 4.69) is 17.4 Å². The summed E-state index contributed by atoms with van der Waals surface area (Å²) in [5.41, 5.74) is 0.412. The minimum Gasteiger partial charge on any atom is -0.364 e. The molecule has 0 atom stereocenters. The molecule has 0 aliphatic carbocycles. The maximum Gasteiger partial charge on any atom is 0.276 e. The predicted molar refractivity (Wildman–Crippen MR) is 70.9 cm³/mol. The van der Waals surface area contributed by atoms with Crippen molar-refractivity contribution in [2.24, 2.45) is 5.92 Å². The zero-order valence-corrected chi connectivity index (χ0v) is 11.4. The summed E-state index contributed by atoms with van der Waals surface area (Å²) < 4.78 is 4.69. The highest BCUT2D eigenvalue weighted by Crippen LogP contribution is 2.17. The quantitative estimate of drug-likeness (QED) is 0.904. The Morgan fingerprint density at radius 2 is 2.28 bits per heavy atom. The molecule has 0 bridgehead atoms. The lowest BCUT2D eigenvalue weighted by atomic mass is 9.96. The van der Waals surface area contributed by atoms with Gasteiger partial charge in [-0.05, 0) is 31.8 Å². The average Bonchev–Trinajstić information content (AvgIpc) is 2.90. The molecule has 1 N–H and O–H groups in total. The van der Waals surface area contributed by atoms with Crippen LogP contribution in [-0.4, -0.2) is 42.1 Å². The Morgan fingerprint density at radius 3 is 2.83 bits per heavy atom. The van der Waals surface area contributed by atoms with Gasteiger partial charge in [-0.25, -0.2) is 0 Å². The number of piperidine rings is 1. The summed E-state index contributed by atoms with van der Waals surface area (Å²) in [5.74, 6) is 0.678. The lowest BCUT2D eigenvalue weighted by Gasteiger charge is -2.31. The Bertz CT molecular complexity index is 348. The maximum absolute atomic E-state index is 12.0. The van der Waals surface area contributed by atoms with Gasteiger partial charge in [0.25, 0.3) is 5.91 Å². The van der Waals surface area contributed by atoms with Gasteiger partial charge in [-0.3, -0.25) is 4.79 Å². The molecule has 0 spiro atoms. The number of aromatic nitrogens is 1. The van der Waals surface area contributed by atoms with Crippen LogP contribution < -0.4 is 5.32 Å². The average molecular weight is 274 g/mol. The zero-order valence-electron chi connectivity index (χ0n) is 10.6. The van der Waals surface area contributed by atoms with Crippen LogP contribution in [0.3, 0.4) is 0 Å². The molecule has 6 heteroatoms. The molecule has 1 fully saturated rings. The first-order valence-corrected chi connectivity index (χ1v) is 6.21. The third kappa shape index (κ3) is 3.71. The summed E-state index contributed by atoms with van der Waals surface area (Å²) in [6.07, 6.45) is 3.57. The Kier molecular flexibility index (Phi) is 6.15. The number of nitrogens with one attached hydrogen (secondary N) is 1. The van der Waals surface area contributed by atoms with E-state index >= 15 is 0 Å². The second-order valence-corrected chi connectivity index (χ2v) is 4.43. The maximum atomic E-state index is 12.0. The standard InChI is InChI=1S/C12H19N3O2.ClH/c1-2-13-9-10-3-6-15(7-4-10)12(16)11-5-8-17-14-11;/h5,8,10,13H,2-4,6-7,9H2,1H3;1H. The van der Waals surface area contributed by atoms with E-state index in [1.54, 1.807) is 6.07 Å². The summed E-state index contributed by atoms with van der Waals surface area (Å²) >= 11 is 0. The van der Waals surface area contributed by atoms with Crippen molar-refractivity contribution in [3.63, 3.8) is 0 Å². The highest BCUT2D eigenvalue weighted by atomic mass is 35.5. The van der Waals surface area contributed by atoms with E-state index in [1.807, 2.05) is 4.90 Å². The summed E-state index contributed by atoms with van der Waals surface area (Å²) in [6, 6.07) is 1.62. The van der Waals surface area contributed by atoms with Gasteiger partial charge in [-0.1, -0.05) is 12.1 Å². The van der Waals surface area contributed by atoms with Crippen molar-refractivity contribution in [1.82, 2.24) is 15.4 Å². The third-order valence-electron chi connectivity index (χ3n) is 3.24. The van der Waals surface area contributed by atoms with E-state index in [-0.39, 0.29) is 18.3 Å². The topological polar surface area (TPSA) is 58.4 Å². The molecule has 0 saturated carbocycles. The van der Waals surface area contributed by atoms with Crippen LogP contribution in [0.1, 0.15) is 30.3 Å². The number of nitrogens with zero attached hydrogens (tertiary/aromatic N) is 2. The van der Waals surface area contributed by atoms with Crippen molar-refractivity contribution >= 4 is 18.3 Å². The summed E-state index contributed by atoms with van der Waals surface area (Å²) in [7, 11) is 0. The van der Waals surface area contributed by atoms with Gasteiger partial charge in [0.1, 0.15) is 6.26 Å². The summed E-state index contributed by atoms with van der Waals surface area (Å²) in [4.78, 5) is 13.8. The number of likely N-dealkylation sites (tertiary alicyclic amines) is 1. The number of hydrogen-bond donors (Lipinski definition) is 1. The molecule has 0 radical (unpaired) electrons. The second kappa shape index (κ2) is 7.38. The van der Waals surface area contributed by atoms with E-state index in [4.69, 9.17) is 4.52 Å². The molecule has 102 valence electrons. The molecule has 1 aliphatic rings. The van der Waals surface area contributed by atoms with Gasteiger partial charge in [0.05, 0.1) is 0 Å². The fourth-order valence-corrected chi connectivity index (χ4v) is 2.17. The molecule has 1 saturated heterocycles. The molecule has 2 heterocycles. The Morgan fingerprint density at radius 1 is 1.56 bits per heavy atom. The van der Waals surface area contributed by atoms with E-state index in [0.717, 1.165) is 39.0 Å². The monoisotopic (exact) mass is 273 g/mol. The molecule has 2 rings (SSSR count). The zero-order chi connectivity index (χ0) is 12.1. The smallest absolute Gasteiger partial charge is 0.276 e. The molecule has 0 aromatic carbocycles. The van der Waals surface area contributed by atoms with Crippen LogP contribution in [0.25, 0.3) is 0 Å². The first kappa shape index (κ1) is 15.0. The van der Waals surface area contributed by atoms with Gasteiger partial charge in [0.2, 0.25) is 0 Å². The van der Waals surface area contributed by atoms with Crippen LogP contribution in [0.4, 0.5) is 0 Å². The first-order valence-electron chi connectivity index (χ1n) is 6.21. The van der Waals surface area contributed by atoms with Crippen LogP contribution >= 0.6 is 12.4 Å². The predicted octanol–water partition coefficient (Wildman–Crippen LogP) is 1.56. The number of carbonyl (C=O) groups excluding carboxylic acids is 1. The third-order valence-corrected chi connectivity index (χ3v) is 3.24. The van der Waals surface area contributed by atoms with Crippen LogP contribution in [0.15, 0.2) is 16.9 Å². The Labute approximate surface area is 113 Å². The van der Waals surface area contributed by atoms with E-state index < -0.39 is 0 Å². The van der Waals surface area contributed by atoms with Gasteiger partial charge in [-0.15, -0.1) is 12.4 Å². The molecular formula is C12H20ClN3O2. The van der Waals surface area contributed by atoms with Crippen molar-refractivity contribution < 1.29 is 9.32 Å². The van der Waals surface area contributed by atoms with Crippen molar-refractivity contribution in [2.45, 2.75) is 19.8 Å². The number of carbonyl (C=O) groups is 1. The van der Waals surface area contributed by atoms with Crippen LogP contribution in [0, 0.1) is 5.92 Å². The first-order chi connectivity index (χ1) is 8.31. The SMILES string of the molecule is CCNCC1CCN(C(=O)c2ccon2)CC1.Cl. The van der Waals surface area contributed by atoms with Gasteiger partial charge >= 0.3 is 0 Å². The van der Waals surface area contributed by atoms with Gasteiger partial charge in [-0.2, -0.15) is 0 Å². The minimum atomic E-state index is -0.0133. The lowest BCUT2D eigenvalue weighted by Crippen LogP contribution is -2.40. The second-order valence-electron chi connectivity index (χ2n) is 4.43. The Hall–Kier alpha value is -1.07. The van der Waals surface area contributed by atoms with Crippen LogP contribution in [-0.2, 0) is 0 Å². The molecular weight excluding hydrogens is 254 g/mol. The van der Waals surface area contributed by atoms with E-state index in [0.29, 0.717) is 11.6 Å². The number of halogens is 1. The Balaban J connectivity index is 0.00000162. The normalized spacial score (nSPS) is 16.4. The van der Waals surface area contributed by atoms with Crippen molar-refractivity contribution in [2.75, 3.05) is 26.2 Å². The highest BCUT2D eigenvalue weighted by molar-refractivity contribution is 5.92. The van der Waals surface area contributed by atoms with Crippen molar-refractivity contribution in [3.8, 4) is 0 Å². The molecule has 18 heavy (non-hydrogen) atoms. The molecule has 1 aliphatic heterocycles. The largest absolute Gasteiger partial charge is 0.364 e. The van der Waals surface area contributed by atoms with Gasteiger partial charge in [0.15, 0.2) is 5.69 Å².